The van der Waals surface area contributed by atoms with Crippen molar-refractivity contribution < 1.29 is 14.2 Å². The van der Waals surface area contributed by atoms with Crippen LogP contribution in [-0.4, -0.2) is 25.9 Å². The Bertz CT molecular complexity index is 402. The van der Waals surface area contributed by atoms with Crippen molar-refractivity contribution in [2.45, 2.75) is 24.7 Å². The summed E-state index contributed by atoms with van der Waals surface area (Å²) < 4.78 is 16.4. The Morgan fingerprint density at radius 1 is 1.12 bits per heavy atom. The van der Waals surface area contributed by atoms with Crippen LogP contribution < -0.4 is 0 Å². The molecule has 0 spiro atoms. The fourth-order valence-corrected chi connectivity index (χ4v) is 2.53. The van der Waals surface area contributed by atoms with Crippen molar-refractivity contribution in [3.8, 4) is 0 Å². The van der Waals surface area contributed by atoms with Crippen molar-refractivity contribution in [2.24, 2.45) is 0 Å². The summed E-state index contributed by atoms with van der Waals surface area (Å²) in [6, 6.07) is 6.28. The Balaban J connectivity index is 1.78. The second-order valence-electron chi connectivity index (χ2n) is 4.41. The van der Waals surface area contributed by atoms with Crippen molar-refractivity contribution in [1.82, 2.24) is 0 Å². The van der Waals surface area contributed by atoms with Crippen LogP contribution in [0.3, 0.4) is 0 Å². The highest BCUT2D eigenvalue weighted by atomic mass is 35.5. The Labute approximate surface area is 106 Å². The summed E-state index contributed by atoms with van der Waals surface area (Å²) in [5.41, 5.74) is 3.59. The van der Waals surface area contributed by atoms with Gasteiger partial charge >= 0.3 is 0 Å². The van der Waals surface area contributed by atoms with Crippen LogP contribution in [0.4, 0.5) is 0 Å². The van der Waals surface area contributed by atoms with Gasteiger partial charge in [-0.1, -0.05) is 18.2 Å². The van der Waals surface area contributed by atoms with Gasteiger partial charge in [0.2, 0.25) is 0 Å². The first-order chi connectivity index (χ1) is 8.34. The third-order valence-corrected chi connectivity index (χ3v) is 3.77. The van der Waals surface area contributed by atoms with E-state index in [1.165, 1.54) is 11.1 Å². The molecule has 1 aromatic rings. The molecule has 1 fully saturated rings. The van der Waals surface area contributed by atoms with Gasteiger partial charge in [0.15, 0.2) is 0 Å². The van der Waals surface area contributed by atoms with E-state index in [1.807, 2.05) is 0 Å². The molecule has 3 nitrogen and oxygen atoms in total. The van der Waals surface area contributed by atoms with Crippen molar-refractivity contribution in [1.29, 1.82) is 0 Å². The highest BCUT2D eigenvalue weighted by molar-refractivity contribution is 6.21. The lowest BCUT2D eigenvalue weighted by Gasteiger charge is -2.27. The molecule has 0 bridgehead atoms. The lowest BCUT2D eigenvalue weighted by atomic mass is 10.0. The van der Waals surface area contributed by atoms with Gasteiger partial charge in [-0.25, -0.2) is 0 Å². The zero-order valence-electron chi connectivity index (χ0n) is 9.52. The van der Waals surface area contributed by atoms with E-state index < -0.39 is 0 Å². The van der Waals surface area contributed by atoms with E-state index in [2.05, 4.69) is 18.2 Å². The molecule has 0 radical (unpaired) electrons. The zero-order chi connectivity index (χ0) is 11.7. The molecule has 2 unspecified atom stereocenters. The van der Waals surface area contributed by atoms with Crippen LogP contribution in [0.15, 0.2) is 18.2 Å². The SMILES string of the molecule is ClC(c1ccc2c(c1)COC2)C1COCCO1. The lowest BCUT2D eigenvalue weighted by molar-refractivity contribution is -0.0892. The van der Waals surface area contributed by atoms with Crippen LogP contribution in [0.25, 0.3) is 0 Å². The number of hydrogen-bond donors (Lipinski definition) is 0. The molecule has 3 rings (SSSR count). The maximum absolute atomic E-state index is 6.44. The summed E-state index contributed by atoms with van der Waals surface area (Å²) in [7, 11) is 0. The third kappa shape index (κ3) is 2.33. The molecule has 2 aliphatic rings. The van der Waals surface area contributed by atoms with E-state index in [0.29, 0.717) is 33.0 Å². The average molecular weight is 255 g/mol. The molecule has 0 amide bonds. The predicted octanol–water partition coefficient (Wildman–Crippen LogP) is 2.41. The predicted molar refractivity (Wildman–Crippen MR) is 64.1 cm³/mol. The fourth-order valence-electron chi connectivity index (χ4n) is 2.25. The van der Waals surface area contributed by atoms with Crippen LogP contribution in [0.2, 0.25) is 0 Å². The molecule has 17 heavy (non-hydrogen) atoms. The molecule has 2 atom stereocenters. The van der Waals surface area contributed by atoms with Crippen LogP contribution in [-0.2, 0) is 27.4 Å². The van der Waals surface area contributed by atoms with Crippen molar-refractivity contribution >= 4 is 11.6 Å². The first-order valence-corrected chi connectivity index (χ1v) is 6.31. The maximum atomic E-state index is 6.44. The Morgan fingerprint density at radius 2 is 2.00 bits per heavy atom. The fraction of sp³-hybridized carbons (Fsp3) is 0.538. The van der Waals surface area contributed by atoms with Gasteiger partial charge in [-0.3, -0.25) is 0 Å². The molecule has 1 saturated heterocycles. The first kappa shape index (κ1) is 11.5. The molecular formula is C13H15ClO3. The molecule has 0 saturated carbocycles. The van der Waals surface area contributed by atoms with Crippen molar-refractivity contribution in [2.75, 3.05) is 19.8 Å². The van der Waals surface area contributed by atoms with E-state index in [0.717, 1.165) is 5.56 Å². The van der Waals surface area contributed by atoms with E-state index in [1.54, 1.807) is 0 Å². The highest BCUT2D eigenvalue weighted by Gasteiger charge is 2.25. The third-order valence-electron chi connectivity index (χ3n) is 3.23. The van der Waals surface area contributed by atoms with Crippen molar-refractivity contribution in [3.05, 3.63) is 34.9 Å². The second-order valence-corrected chi connectivity index (χ2v) is 4.88. The zero-order valence-corrected chi connectivity index (χ0v) is 10.3. The van der Waals surface area contributed by atoms with E-state index in [9.17, 15) is 0 Å². The number of benzene rings is 1. The molecule has 2 aliphatic heterocycles. The molecule has 4 heteroatoms. The summed E-state index contributed by atoms with van der Waals surface area (Å²) in [5.74, 6) is 0. The number of fused-ring (bicyclic) bond motifs is 1. The minimum atomic E-state index is -0.152. The molecule has 0 N–H and O–H groups in total. The van der Waals surface area contributed by atoms with Crippen LogP contribution in [0.5, 0.6) is 0 Å². The Morgan fingerprint density at radius 3 is 2.82 bits per heavy atom. The summed E-state index contributed by atoms with van der Waals surface area (Å²) in [6.45, 7) is 3.27. The van der Waals surface area contributed by atoms with Gasteiger partial charge in [0, 0.05) is 0 Å². The summed E-state index contributed by atoms with van der Waals surface area (Å²) >= 11 is 6.44. The second kappa shape index (κ2) is 4.94. The van der Waals surface area contributed by atoms with Crippen LogP contribution >= 0.6 is 11.6 Å². The molecule has 0 aliphatic carbocycles. The summed E-state index contributed by atoms with van der Waals surface area (Å²) in [6.07, 6.45) is -0.0502. The minimum absolute atomic E-state index is 0.0502. The monoisotopic (exact) mass is 254 g/mol. The standard InChI is InChI=1S/C13H15ClO3/c14-13(12-8-15-3-4-17-12)9-1-2-10-6-16-7-11(10)5-9/h1-2,5,12-13H,3-4,6-8H2. The Hall–Kier alpha value is -0.610. The van der Waals surface area contributed by atoms with Gasteiger partial charge in [-0.2, -0.15) is 0 Å². The smallest absolute Gasteiger partial charge is 0.101 e. The number of alkyl halides is 1. The maximum Gasteiger partial charge on any atom is 0.101 e. The summed E-state index contributed by atoms with van der Waals surface area (Å²) in [5, 5.41) is -0.152. The largest absolute Gasteiger partial charge is 0.376 e. The van der Waals surface area contributed by atoms with Crippen LogP contribution in [0.1, 0.15) is 22.1 Å². The molecule has 1 aromatic carbocycles. The average Bonchev–Trinajstić information content (AvgIpc) is 2.86. The quantitative estimate of drug-likeness (QED) is 0.759. The highest BCUT2D eigenvalue weighted by Crippen LogP contribution is 2.31. The van der Waals surface area contributed by atoms with Crippen molar-refractivity contribution in [3.63, 3.8) is 0 Å². The number of rotatable bonds is 2. The minimum Gasteiger partial charge on any atom is -0.376 e. The molecule has 0 aromatic heterocycles. The van der Waals surface area contributed by atoms with E-state index in [-0.39, 0.29) is 11.5 Å². The molecule has 2 heterocycles. The van der Waals surface area contributed by atoms with E-state index >= 15 is 0 Å². The lowest BCUT2D eigenvalue weighted by Crippen LogP contribution is -2.31. The van der Waals surface area contributed by atoms with Gasteiger partial charge in [0.25, 0.3) is 0 Å². The normalized spacial score (nSPS) is 25.6. The Kier molecular flexibility index (Phi) is 3.34. The van der Waals surface area contributed by atoms with Gasteiger partial charge in [0.05, 0.1) is 38.4 Å². The van der Waals surface area contributed by atoms with E-state index in [4.69, 9.17) is 25.8 Å². The molecular weight excluding hydrogens is 240 g/mol. The number of hydrogen-bond acceptors (Lipinski definition) is 3. The van der Waals surface area contributed by atoms with Gasteiger partial charge in [-0.15, -0.1) is 11.6 Å². The van der Waals surface area contributed by atoms with Gasteiger partial charge < -0.3 is 14.2 Å². The van der Waals surface area contributed by atoms with Gasteiger partial charge in [-0.05, 0) is 16.7 Å². The summed E-state index contributed by atoms with van der Waals surface area (Å²) in [4.78, 5) is 0. The first-order valence-electron chi connectivity index (χ1n) is 5.87. The molecule has 92 valence electrons. The number of ether oxygens (including phenoxy) is 3. The van der Waals surface area contributed by atoms with Gasteiger partial charge in [0.1, 0.15) is 6.10 Å². The van der Waals surface area contributed by atoms with Crippen LogP contribution in [0, 0.1) is 0 Å². The topological polar surface area (TPSA) is 27.7 Å². The number of halogens is 1.